The van der Waals surface area contributed by atoms with Crippen molar-refractivity contribution in [2.75, 3.05) is 13.7 Å². The Bertz CT molecular complexity index is 866. The maximum atomic E-state index is 12.6. The maximum absolute atomic E-state index is 12.6. The van der Waals surface area contributed by atoms with Crippen molar-refractivity contribution in [2.24, 2.45) is 11.0 Å². The van der Waals surface area contributed by atoms with E-state index in [0.29, 0.717) is 23.7 Å². The fourth-order valence-electron chi connectivity index (χ4n) is 2.68. The summed E-state index contributed by atoms with van der Waals surface area (Å²) in [4.78, 5) is 24.9. The highest BCUT2D eigenvalue weighted by molar-refractivity contribution is 5.97. The summed E-state index contributed by atoms with van der Waals surface area (Å²) >= 11 is 0. The van der Waals surface area contributed by atoms with E-state index in [1.165, 1.54) is 6.21 Å². The van der Waals surface area contributed by atoms with Gasteiger partial charge >= 0.3 is 0 Å². The second kappa shape index (κ2) is 11.6. The van der Waals surface area contributed by atoms with E-state index >= 15 is 0 Å². The van der Waals surface area contributed by atoms with Crippen molar-refractivity contribution in [3.63, 3.8) is 0 Å². The fourth-order valence-corrected chi connectivity index (χ4v) is 2.68. The summed E-state index contributed by atoms with van der Waals surface area (Å²) in [6.07, 6.45) is 2.41. The van der Waals surface area contributed by atoms with Crippen molar-refractivity contribution in [2.45, 2.75) is 33.2 Å². The summed E-state index contributed by atoms with van der Waals surface area (Å²) in [6, 6.07) is 13.5. The molecule has 0 saturated heterocycles. The van der Waals surface area contributed by atoms with Gasteiger partial charge in [-0.25, -0.2) is 5.43 Å². The highest BCUT2D eigenvalue weighted by atomic mass is 16.5. The van der Waals surface area contributed by atoms with Crippen molar-refractivity contribution in [1.82, 2.24) is 10.7 Å². The van der Waals surface area contributed by atoms with Gasteiger partial charge in [0.05, 0.1) is 19.9 Å². The first kappa shape index (κ1) is 22.9. The number of carbonyl (C=O) groups is 2. The maximum Gasteiger partial charge on any atom is 0.262 e. The van der Waals surface area contributed by atoms with E-state index in [4.69, 9.17) is 9.47 Å². The van der Waals surface area contributed by atoms with E-state index in [2.05, 4.69) is 15.8 Å². The number of nitrogens with zero attached hydrogens (tertiary/aromatic N) is 1. The predicted octanol–water partition coefficient (Wildman–Crippen LogP) is 3.39. The molecule has 2 amide bonds. The number of hydrogen-bond donors (Lipinski definition) is 2. The molecule has 2 aromatic carbocycles. The van der Waals surface area contributed by atoms with Gasteiger partial charge in [0.2, 0.25) is 0 Å². The van der Waals surface area contributed by atoms with Crippen LogP contribution in [0.3, 0.4) is 0 Å². The Kier molecular flexibility index (Phi) is 8.87. The lowest BCUT2D eigenvalue weighted by Crippen LogP contribution is -2.48. The molecule has 0 fully saturated rings. The standard InChI is InChI=1S/C23H29N3O4/c1-5-13-30-19-12-11-17(14-20(19)29-4)15-24-26-23(28)21(16(2)3)25-22(27)18-9-7-6-8-10-18/h6-12,14-16,21H,5,13H2,1-4H3,(H,25,27)(H,26,28). The van der Waals surface area contributed by atoms with Crippen LogP contribution in [0.2, 0.25) is 0 Å². The van der Waals surface area contributed by atoms with Crippen LogP contribution in [0.1, 0.15) is 43.1 Å². The quantitative estimate of drug-likeness (QED) is 0.463. The number of ether oxygens (including phenoxy) is 2. The molecule has 30 heavy (non-hydrogen) atoms. The molecule has 0 aliphatic heterocycles. The number of methoxy groups -OCH3 is 1. The normalized spacial score (nSPS) is 11.9. The zero-order chi connectivity index (χ0) is 21.9. The van der Waals surface area contributed by atoms with E-state index in [9.17, 15) is 9.59 Å². The summed E-state index contributed by atoms with van der Waals surface area (Å²) in [6.45, 7) is 6.35. The molecule has 0 bridgehead atoms. The molecular weight excluding hydrogens is 382 g/mol. The second-order valence-electron chi connectivity index (χ2n) is 7.05. The number of benzene rings is 2. The first-order valence-corrected chi connectivity index (χ1v) is 9.96. The largest absolute Gasteiger partial charge is 0.493 e. The van der Waals surface area contributed by atoms with Crippen molar-refractivity contribution < 1.29 is 19.1 Å². The molecule has 2 aromatic rings. The SMILES string of the molecule is CCCOc1ccc(C=NNC(=O)C(NC(=O)c2ccccc2)C(C)C)cc1OC. The van der Waals surface area contributed by atoms with E-state index in [1.54, 1.807) is 43.5 Å². The number of rotatable bonds is 10. The minimum absolute atomic E-state index is 0.108. The Hall–Kier alpha value is -3.35. The number of amides is 2. The van der Waals surface area contributed by atoms with Crippen molar-refractivity contribution in [3.8, 4) is 11.5 Å². The third kappa shape index (κ3) is 6.62. The molecule has 7 heteroatoms. The lowest BCUT2D eigenvalue weighted by molar-refractivity contribution is -0.123. The molecule has 0 heterocycles. The van der Waals surface area contributed by atoms with Crippen molar-refractivity contribution in [1.29, 1.82) is 0 Å². The minimum Gasteiger partial charge on any atom is -0.493 e. The molecule has 0 spiro atoms. The highest BCUT2D eigenvalue weighted by Crippen LogP contribution is 2.27. The molecule has 1 unspecified atom stereocenters. The van der Waals surface area contributed by atoms with Gasteiger partial charge in [-0.3, -0.25) is 9.59 Å². The smallest absolute Gasteiger partial charge is 0.262 e. The number of nitrogens with one attached hydrogen (secondary N) is 2. The third-order valence-electron chi connectivity index (χ3n) is 4.31. The van der Waals surface area contributed by atoms with Crippen LogP contribution in [0, 0.1) is 5.92 Å². The Morgan fingerprint density at radius 2 is 1.83 bits per heavy atom. The molecule has 0 saturated carbocycles. The van der Waals surface area contributed by atoms with Crippen molar-refractivity contribution >= 4 is 18.0 Å². The van der Waals surface area contributed by atoms with E-state index in [0.717, 1.165) is 12.0 Å². The molecule has 2 N–H and O–H groups in total. The molecule has 0 aliphatic carbocycles. The van der Waals surface area contributed by atoms with Gasteiger partial charge in [0, 0.05) is 5.56 Å². The average Bonchev–Trinajstić information content (AvgIpc) is 2.76. The molecule has 7 nitrogen and oxygen atoms in total. The van der Waals surface area contributed by atoms with Gasteiger partial charge in [-0.2, -0.15) is 5.10 Å². The van der Waals surface area contributed by atoms with Crippen LogP contribution in [0.25, 0.3) is 0 Å². The van der Waals surface area contributed by atoms with Crippen LogP contribution in [-0.4, -0.2) is 37.8 Å². The molecule has 0 radical (unpaired) electrons. The van der Waals surface area contributed by atoms with Gasteiger partial charge in [0.15, 0.2) is 11.5 Å². The predicted molar refractivity (Wildman–Crippen MR) is 117 cm³/mol. The molecule has 160 valence electrons. The van der Waals surface area contributed by atoms with Gasteiger partial charge in [0.1, 0.15) is 6.04 Å². The summed E-state index contributed by atoms with van der Waals surface area (Å²) in [7, 11) is 1.57. The van der Waals surface area contributed by atoms with Crippen LogP contribution in [0.4, 0.5) is 0 Å². The summed E-state index contributed by atoms with van der Waals surface area (Å²) in [5, 5.41) is 6.78. The summed E-state index contributed by atoms with van der Waals surface area (Å²) in [5.41, 5.74) is 3.74. The summed E-state index contributed by atoms with van der Waals surface area (Å²) in [5.74, 6) is 0.446. The zero-order valence-electron chi connectivity index (χ0n) is 17.8. The van der Waals surface area contributed by atoms with E-state index in [1.807, 2.05) is 32.9 Å². The fraction of sp³-hybridized carbons (Fsp3) is 0.348. The third-order valence-corrected chi connectivity index (χ3v) is 4.31. The van der Waals surface area contributed by atoms with Crippen LogP contribution in [0.15, 0.2) is 53.6 Å². The van der Waals surface area contributed by atoms with Crippen molar-refractivity contribution in [3.05, 3.63) is 59.7 Å². The first-order valence-electron chi connectivity index (χ1n) is 9.96. The highest BCUT2D eigenvalue weighted by Gasteiger charge is 2.24. The second-order valence-corrected chi connectivity index (χ2v) is 7.05. The van der Waals surface area contributed by atoms with E-state index < -0.39 is 6.04 Å². The molecule has 0 aliphatic rings. The van der Waals surface area contributed by atoms with Gasteiger partial charge in [-0.15, -0.1) is 0 Å². The molecule has 0 aromatic heterocycles. The molecule has 1 atom stereocenters. The van der Waals surface area contributed by atoms with Gasteiger partial charge < -0.3 is 14.8 Å². The van der Waals surface area contributed by atoms with E-state index in [-0.39, 0.29) is 17.7 Å². The Morgan fingerprint density at radius 3 is 2.47 bits per heavy atom. The zero-order valence-corrected chi connectivity index (χ0v) is 17.8. The molecular formula is C23H29N3O4. The topological polar surface area (TPSA) is 89.0 Å². The number of carbonyl (C=O) groups excluding carboxylic acids is 2. The lowest BCUT2D eigenvalue weighted by atomic mass is 10.0. The van der Waals surface area contributed by atoms with Crippen LogP contribution in [-0.2, 0) is 4.79 Å². The minimum atomic E-state index is -0.714. The van der Waals surface area contributed by atoms with Crippen LogP contribution < -0.4 is 20.2 Å². The number of hydrazone groups is 1. The number of hydrogen-bond acceptors (Lipinski definition) is 5. The monoisotopic (exact) mass is 411 g/mol. The average molecular weight is 412 g/mol. The first-order chi connectivity index (χ1) is 14.5. The van der Waals surface area contributed by atoms with Gasteiger partial charge in [-0.05, 0) is 48.2 Å². The van der Waals surface area contributed by atoms with Crippen LogP contribution >= 0.6 is 0 Å². The Morgan fingerprint density at radius 1 is 1.10 bits per heavy atom. The summed E-state index contributed by atoms with van der Waals surface area (Å²) < 4.78 is 11.0. The Labute approximate surface area is 177 Å². The van der Waals surface area contributed by atoms with Crippen LogP contribution in [0.5, 0.6) is 11.5 Å². The lowest BCUT2D eigenvalue weighted by Gasteiger charge is -2.20. The van der Waals surface area contributed by atoms with Gasteiger partial charge in [-0.1, -0.05) is 39.0 Å². The Balaban J connectivity index is 2.01. The molecule has 2 rings (SSSR count). The van der Waals surface area contributed by atoms with Gasteiger partial charge in [0.25, 0.3) is 11.8 Å².